The maximum absolute atomic E-state index is 12.0. The third-order valence-electron chi connectivity index (χ3n) is 3.89. The molecule has 0 unspecified atom stereocenters. The van der Waals surface area contributed by atoms with Crippen molar-refractivity contribution in [3.05, 3.63) is 29.3 Å². The van der Waals surface area contributed by atoms with Gasteiger partial charge in [-0.2, -0.15) is 0 Å². The molecule has 1 aliphatic rings. The second-order valence-corrected chi connectivity index (χ2v) is 5.66. The molecule has 0 spiro atoms. The lowest BCUT2D eigenvalue weighted by Crippen LogP contribution is -2.40. The van der Waals surface area contributed by atoms with Crippen molar-refractivity contribution in [2.75, 3.05) is 11.9 Å². The first-order chi connectivity index (χ1) is 8.53. The SMILES string of the molecule is Cc1cc(C)cc(NC(=O)CC2(CN)CCC2)c1. The molecule has 0 atom stereocenters. The Hall–Kier alpha value is -1.35. The van der Waals surface area contributed by atoms with Crippen LogP contribution in [0.2, 0.25) is 0 Å². The van der Waals surface area contributed by atoms with Crippen molar-refractivity contribution in [1.82, 2.24) is 0 Å². The first-order valence-electron chi connectivity index (χ1n) is 6.61. The highest BCUT2D eigenvalue weighted by atomic mass is 16.1. The maximum Gasteiger partial charge on any atom is 0.224 e. The van der Waals surface area contributed by atoms with Crippen molar-refractivity contribution in [3.8, 4) is 0 Å². The van der Waals surface area contributed by atoms with E-state index >= 15 is 0 Å². The molecule has 0 aromatic heterocycles. The van der Waals surface area contributed by atoms with Crippen LogP contribution in [0.15, 0.2) is 18.2 Å². The van der Waals surface area contributed by atoms with E-state index in [1.54, 1.807) is 0 Å². The molecule has 18 heavy (non-hydrogen) atoms. The van der Waals surface area contributed by atoms with Crippen LogP contribution >= 0.6 is 0 Å². The molecule has 1 aliphatic carbocycles. The number of nitrogens with two attached hydrogens (primary N) is 1. The van der Waals surface area contributed by atoms with Crippen molar-refractivity contribution in [3.63, 3.8) is 0 Å². The third kappa shape index (κ3) is 2.91. The Morgan fingerprint density at radius 3 is 2.33 bits per heavy atom. The van der Waals surface area contributed by atoms with Crippen LogP contribution in [0.5, 0.6) is 0 Å². The number of nitrogens with one attached hydrogen (secondary N) is 1. The van der Waals surface area contributed by atoms with Crippen molar-refractivity contribution in [2.24, 2.45) is 11.1 Å². The molecule has 0 aliphatic heterocycles. The molecule has 3 heteroatoms. The summed E-state index contributed by atoms with van der Waals surface area (Å²) < 4.78 is 0. The number of amides is 1. The van der Waals surface area contributed by atoms with Gasteiger partial charge in [0.1, 0.15) is 0 Å². The highest BCUT2D eigenvalue weighted by molar-refractivity contribution is 5.91. The van der Waals surface area contributed by atoms with Crippen LogP contribution in [-0.4, -0.2) is 12.5 Å². The molecular weight excluding hydrogens is 224 g/mol. The zero-order valence-electron chi connectivity index (χ0n) is 11.3. The average Bonchev–Trinajstić information content (AvgIpc) is 2.21. The van der Waals surface area contributed by atoms with Gasteiger partial charge in [0.2, 0.25) is 5.91 Å². The van der Waals surface area contributed by atoms with Crippen molar-refractivity contribution >= 4 is 11.6 Å². The Morgan fingerprint density at radius 1 is 1.28 bits per heavy atom. The van der Waals surface area contributed by atoms with Crippen LogP contribution < -0.4 is 11.1 Å². The summed E-state index contributed by atoms with van der Waals surface area (Å²) in [5.74, 6) is 0.0881. The lowest BCUT2D eigenvalue weighted by Gasteiger charge is -2.40. The molecule has 98 valence electrons. The predicted octanol–water partition coefficient (Wildman–Crippen LogP) is 2.76. The van der Waals surface area contributed by atoms with Gasteiger partial charge in [-0.15, -0.1) is 0 Å². The first kappa shape index (κ1) is 13.1. The Balaban J connectivity index is 1.98. The van der Waals surface area contributed by atoms with Crippen molar-refractivity contribution in [1.29, 1.82) is 0 Å². The van der Waals surface area contributed by atoms with Gasteiger partial charge in [0.15, 0.2) is 0 Å². The fourth-order valence-corrected chi connectivity index (χ4v) is 2.72. The van der Waals surface area contributed by atoms with Crippen LogP contribution in [0, 0.1) is 19.3 Å². The number of anilines is 1. The van der Waals surface area contributed by atoms with Gasteiger partial charge in [-0.1, -0.05) is 12.5 Å². The Bertz CT molecular complexity index is 424. The first-order valence-corrected chi connectivity index (χ1v) is 6.61. The normalized spacial score (nSPS) is 17.1. The van der Waals surface area contributed by atoms with Crippen LogP contribution in [0.3, 0.4) is 0 Å². The summed E-state index contributed by atoms with van der Waals surface area (Å²) in [7, 11) is 0. The van der Waals surface area contributed by atoms with E-state index in [4.69, 9.17) is 5.73 Å². The van der Waals surface area contributed by atoms with Gasteiger partial charge in [0.25, 0.3) is 0 Å². The molecular formula is C15H22N2O. The van der Waals surface area contributed by atoms with E-state index in [9.17, 15) is 4.79 Å². The molecule has 1 aromatic carbocycles. The molecule has 3 nitrogen and oxygen atoms in total. The second kappa shape index (κ2) is 5.11. The van der Waals surface area contributed by atoms with Gasteiger partial charge >= 0.3 is 0 Å². The maximum atomic E-state index is 12.0. The summed E-state index contributed by atoms with van der Waals surface area (Å²) in [6, 6.07) is 6.10. The minimum atomic E-state index is 0.0724. The molecule has 0 heterocycles. The Labute approximate surface area is 109 Å². The molecule has 0 radical (unpaired) electrons. The third-order valence-corrected chi connectivity index (χ3v) is 3.89. The van der Waals surface area contributed by atoms with E-state index < -0.39 is 0 Å². The number of hydrogen-bond acceptors (Lipinski definition) is 2. The number of hydrogen-bond donors (Lipinski definition) is 2. The predicted molar refractivity (Wildman–Crippen MR) is 74.5 cm³/mol. The zero-order valence-corrected chi connectivity index (χ0v) is 11.3. The van der Waals surface area contributed by atoms with Crippen LogP contribution in [0.25, 0.3) is 0 Å². The molecule has 1 saturated carbocycles. The van der Waals surface area contributed by atoms with Gasteiger partial charge in [-0.3, -0.25) is 4.79 Å². The summed E-state index contributed by atoms with van der Waals surface area (Å²) in [4.78, 5) is 12.0. The summed E-state index contributed by atoms with van der Waals surface area (Å²) in [6.45, 7) is 4.69. The topological polar surface area (TPSA) is 55.1 Å². The average molecular weight is 246 g/mol. The highest BCUT2D eigenvalue weighted by Crippen LogP contribution is 2.43. The molecule has 0 saturated heterocycles. The molecule has 3 N–H and O–H groups in total. The highest BCUT2D eigenvalue weighted by Gasteiger charge is 2.37. The largest absolute Gasteiger partial charge is 0.330 e. The number of carbonyl (C=O) groups excluding carboxylic acids is 1. The monoisotopic (exact) mass is 246 g/mol. The quantitative estimate of drug-likeness (QED) is 0.858. The molecule has 1 aromatic rings. The van der Waals surface area contributed by atoms with Gasteiger partial charge in [0, 0.05) is 12.1 Å². The number of aryl methyl sites for hydroxylation is 2. The van der Waals surface area contributed by atoms with E-state index in [0.29, 0.717) is 13.0 Å². The van der Waals surface area contributed by atoms with Gasteiger partial charge in [-0.25, -0.2) is 0 Å². The van der Waals surface area contributed by atoms with Crippen LogP contribution in [-0.2, 0) is 4.79 Å². The number of benzene rings is 1. The van der Waals surface area contributed by atoms with E-state index in [1.165, 1.54) is 17.5 Å². The summed E-state index contributed by atoms with van der Waals surface area (Å²) >= 11 is 0. The second-order valence-electron chi connectivity index (χ2n) is 5.66. The standard InChI is InChI=1S/C15H22N2O/c1-11-6-12(2)8-13(7-11)17-14(18)9-15(10-16)4-3-5-15/h6-8H,3-5,9-10,16H2,1-2H3,(H,17,18). The van der Waals surface area contributed by atoms with Gasteiger partial charge < -0.3 is 11.1 Å². The van der Waals surface area contributed by atoms with Gasteiger partial charge in [-0.05, 0) is 61.9 Å². The Morgan fingerprint density at radius 2 is 1.89 bits per heavy atom. The van der Waals surface area contributed by atoms with E-state index in [1.807, 2.05) is 26.0 Å². The van der Waals surface area contributed by atoms with E-state index in [-0.39, 0.29) is 11.3 Å². The lowest BCUT2D eigenvalue weighted by atomic mass is 9.66. The fraction of sp³-hybridized carbons (Fsp3) is 0.533. The number of carbonyl (C=O) groups is 1. The number of rotatable bonds is 4. The minimum absolute atomic E-state index is 0.0724. The minimum Gasteiger partial charge on any atom is -0.330 e. The van der Waals surface area contributed by atoms with Crippen LogP contribution in [0.4, 0.5) is 5.69 Å². The van der Waals surface area contributed by atoms with E-state index in [0.717, 1.165) is 18.5 Å². The fourth-order valence-electron chi connectivity index (χ4n) is 2.72. The molecule has 2 rings (SSSR count). The smallest absolute Gasteiger partial charge is 0.224 e. The summed E-state index contributed by atoms with van der Waals surface area (Å²) in [5, 5.41) is 2.99. The van der Waals surface area contributed by atoms with E-state index in [2.05, 4.69) is 11.4 Å². The van der Waals surface area contributed by atoms with Crippen molar-refractivity contribution in [2.45, 2.75) is 39.5 Å². The van der Waals surface area contributed by atoms with Crippen molar-refractivity contribution < 1.29 is 4.79 Å². The van der Waals surface area contributed by atoms with Gasteiger partial charge in [0.05, 0.1) is 0 Å². The zero-order chi connectivity index (χ0) is 13.2. The lowest BCUT2D eigenvalue weighted by molar-refractivity contribution is -0.119. The molecule has 1 fully saturated rings. The molecule has 0 bridgehead atoms. The Kier molecular flexibility index (Phi) is 3.71. The molecule has 1 amide bonds. The summed E-state index contributed by atoms with van der Waals surface area (Å²) in [5.41, 5.74) is 9.08. The summed E-state index contributed by atoms with van der Waals surface area (Å²) in [6.07, 6.45) is 3.93. The van der Waals surface area contributed by atoms with Crippen LogP contribution in [0.1, 0.15) is 36.8 Å².